The van der Waals surface area contributed by atoms with E-state index in [0.717, 1.165) is 23.2 Å². The van der Waals surface area contributed by atoms with E-state index in [1.165, 1.54) is 35.1 Å². The van der Waals surface area contributed by atoms with Gasteiger partial charge in [-0.05, 0) is 30.2 Å². The van der Waals surface area contributed by atoms with E-state index < -0.39 is 53.5 Å². The molecule has 6 nitrogen and oxygen atoms in total. The predicted molar refractivity (Wildman–Crippen MR) is 126 cm³/mol. The molecule has 0 bridgehead atoms. The Bertz CT molecular complexity index is 1450. The van der Waals surface area contributed by atoms with Crippen LogP contribution in [0.25, 0.3) is 0 Å². The second-order valence-electron chi connectivity index (χ2n) is 8.46. The fourth-order valence-electron chi connectivity index (χ4n) is 4.56. The number of nitrogens with zero attached hydrogens (tertiary/aromatic N) is 3. The number of thioether (sulfide) groups is 1. The lowest BCUT2D eigenvalue weighted by Crippen LogP contribution is -2.60. The number of halogens is 5. The first-order valence-electron chi connectivity index (χ1n) is 10.8. The van der Waals surface area contributed by atoms with Crippen LogP contribution in [0.1, 0.15) is 40.1 Å². The van der Waals surface area contributed by atoms with Crippen LogP contribution < -0.4 is 10.4 Å². The highest BCUT2D eigenvalue weighted by Gasteiger charge is 2.48. The number of carbonyl (C=O) groups is 1. The molecule has 0 aliphatic carbocycles. The van der Waals surface area contributed by atoms with E-state index in [-0.39, 0.29) is 4.90 Å². The maximum absolute atomic E-state index is 15.0. The maximum atomic E-state index is 15.0. The summed E-state index contributed by atoms with van der Waals surface area (Å²) < 4.78 is 57.5. The first kappa shape index (κ1) is 24.5. The van der Waals surface area contributed by atoms with Crippen molar-refractivity contribution < 1.29 is 27.5 Å². The summed E-state index contributed by atoms with van der Waals surface area (Å²) in [6, 6.07) is 7.36. The zero-order chi connectivity index (χ0) is 25.9. The van der Waals surface area contributed by atoms with Gasteiger partial charge in [-0.3, -0.25) is 19.3 Å². The van der Waals surface area contributed by atoms with Crippen LogP contribution in [0.5, 0.6) is 5.75 Å². The second kappa shape index (κ2) is 8.74. The minimum atomic E-state index is -4.78. The number of aromatic nitrogens is 1. The van der Waals surface area contributed by atoms with Crippen LogP contribution in [0.4, 0.5) is 17.6 Å². The van der Waals surface area contributed by atoms with Crippen molar-refractivity contribution in [1.82, 2.24) is 9.58 Å². The third-order valence-corrected chi connectivity index (χ3v) is 7.92. The maximum Gasteiger partial charge on any atom is 0.408 e. The van der Waals surface area contributed by atoms with Crippen molar-refractivity contribution in [3.63, 3.8) is 0 Å². The monoisotopic (exact) mass is 539 g/mol. The Labute approximate surface area is 211 Å². The Balaban J connectivity index is 1.82. The summed E-state index contributed by atoms with van der Waals surface area (Å²) in [7, 11) is 0. The van der Waals surface area contributed by atoms with Gasteiger partial charge in [-0.2, -0.15) is 13.2 Å². The average Bonchev–Trinajstić information content (AvgIpc) is 2.99. The van der Waals surface area contributed by atoms with Crippen LogP contribution >= 0.6 is 23.4 Å². The van der Waals surface area contributed by atoms with Crippen molar-refractivity contribution in [2.24, 2.45) is 0 Å². The number of aromatic hydroxyl groups is 1. The smallest absolute Gasteiger partial charge is 0.408 e. The Morgan fingerprint density at radius 3 is 2.58 bits per heavy atom. The van der Waals surface area contributed by atoms with E-state index in [0.29, 0.717) is 26.8 Å². The van der Waals surface area contributed by atoms with Gasteiger partial charge < -0.3 is 10.0 Å². The fourth-order valence-corrected chi connectivity index (χ4v) is 5.96. The van der Waals surface area contributed by atoms with E-state index in [4.69, 9.17) is 11.6 Å². The molecule has 2 aromatic carbocycles. The number of pyridine rings is 1. The van der Waals surface area contributed by atoms with Crippen molar-refractivity contribution in [1.29, 1.82) is 0 Å². The molecule has 188 valence electrons. The molecule has 12 heteroatoms. The summed E-state index contributed by atoms with van der Waals surface area (Å²) in [5.41, 5.74) is 0.136. The highest BCUT2D eigenvalue weighted by Crippen LogP contribution is 2.46. The summed E-state index contributed by atoms with van der Waals surface area (Å²) >= 11 is 7.84. The lowest BCUT2D eigenvalue weighted by molar-refractivity contribution is -0.173. The molecule has 2 atom stereocenters. The third kappa shape index (κ3) is 3.81. The molecule has 0 fully saturated rings. The van der Waals surface area contributed by atoms with Gasteiger partial charge in [-0.1, -0.05) is 35.9 Å². The van der Waals surface area contributed by atoms with E-state index in [1.807, 2.05) is 0 Å². The van der Waals surface area contributed by atoms with Crippen molar-refractivity contribution >= 4 is 29.3 Å². The summed E-state index contributed by atoms with van der Waals surface area (Å²) in [5, 5.41) is 12.2. The zero-order valence-corrected chi connectivity index (χ0v) is 20.2. The van der Waals surface area contributed by atoms with E-state index in [2.05, 4.69) is 0 Å². The Kier molecular flexibility index (Phi) is 5.95. The Morgan fingerprint density at radius 2 is 1.86 bits per heavy atom. The largest absolute Gasteiger partial charge is 0.502 e. The van der Waals surface area contributed by atoms with Crippen LogP contribution in [-0.4, -0.2) is 39.5 Å². The van der Waals surface area contributed by atoms with Crippen LogP contribution in [0.2, 0.25) is 5.02 Å². The molecule has 1 N–H and O–H groups in total. The van der Waals surface area contributed by atoms with Crippen molar-refractivity contribution in [2.75, 3.05) is 11.7 Å². The number of hydrogen-bond acceptors (Lipinski definition) is 5. The molecule has 2 aliphatic rings. The molecule has 1 aromatic heterocycles. The minimum absolute atomic E-state index is 0.286. The standard InChI is InChI=1S/C24H18ClF4N3O3S/c1-12(24(27,28)29)30-11-32(31-9-8-17(33)21(34)20(31)23(30)35)19-14-5-3-7-16(26)22(14)36-10-13-4-2-6-15(25)18(13)19/h2-9,12,19,34H,10-11H2,1H3/t12-,19+/m1/s1. The topological polar surface area (TPSA) is 65.8 Å². The van der Waals surface area contributed by atoms with Gasteiger partial charge in [0.25, 0.3) is 5.91 Å². The zero-order valence-electron chi connectivity index (χ0n) is 18.6. The van der Waals surface area contributed by atoms with Crippen LogP contribution in [0.3, 0.4) is 0 Å². The third-order valence-electron chi connectivity index (χ3n) is 6.41. The van der Waals surface area contributed by atoms with Crippen molar-refractivity contribution in [2.45, 2.75) is 35.8 Å². The van der Waals surface area contributed by atoms with Crippen LogP contribution in [0, 0.1) is 5.82 Å². The first-order chi connectivity index (χ1) is 17.0. The molecule has 36 heavy (non-hydrogen) atoms. The number of benzene rings is 2. The van der Waals surface area contributed by atoms with E-state index in [1.54, 1.807) is 24.3 Å². The molecule has 5 rings (SSSR count). The molecule has 0 unspecified atom stereocenters. The molecule has 0 radical (unpaired) electrons. The van der Waals surface area contributed by atoms with E-state index in [9.17, 15) is 32.3 Å². The molecule has 3 aromatic rings. The number of alkyl halides is 3. The number of fused-ring (bicyclic) bond motifs is 3. The number of amides is 1. The average molecular weight is 540 g/mol. The first-order valence-corrected chi connectivity index (χ1v) is 12.1. The van der Waals surface area contributed by atoms with Gasteiger partial charge in [0.2, 0.25) is 5.43 Å². The van der Waals surface area contributed by atoms with Crippen LogP contribution in [-0.2, 0) is 5.75 Å². The van der Waals surface area contributed by atoms with Crippen LogP contribution in [0.15, 0.2) is 58.4 Å². The van der Waals surface area contributed by atoms with Crippen molar-refractivity contribution in [3.05, 3.63) is 92.1 Å². The van der Waals surface area contributed by atoms with Gasteiger partial charge in [-0.15, -0.1) is 11.8 Å². The second-order valence-corrected chi connectivity index (χ2v) is 9.85. The highest BCUT2D eigenvalue weighted by molar-refractivity contribution is 7.98. The summed E-state index contributed by atoms with van der Waals surface area (Å²) in [5.74, 6) is -2.30. The van der Waals surface area contributed by atoms with Crippen molar-refractivity contribution in [3.8, 4) is 5.75 Å². The van der Waals surface area contributed by atoms with E-state index >= 15 is 0 Å². The molecular formula is C24H18ClF4N3O3S. The Morgan fingerprint density at radius 1 is 1.14 bits per heavy atom. The lowest BCUT2D eigenvalue weighted by atomic mass is 9.94. The number of rotatable bonds is 2. The van der Waals surface area contributed by atoms with Gasteiger partial charge in [-0.25, -0.2) is 4.39 Å². The van der Waals surface area contributed by atoms with Gasteiger partial charge in [0.1, 0.15) is 24.6 Å². The fraction of sp³-hybridized carbons (Fsp3) is 0.250. The quantitative estimate of drug-likeness (QED) is 0.462. The lowest BCUT2D eigenvalue weighted by Gasteiger charge is -2.46. The summed E-state index contributed by atoms with van der Waals surface area (Å²) in [6.07, 6.45) is -3.58. The molecule has 0 spiro atoms. The molecule has 1 amide bonds. The molecule has 2 aliphatic heterocycles. The molecule has 3 heterocycles. The number of carbonyl (C=O) groups excluding carboxylic acids is 1. The predicted octanol–water partition coefficient (Wildman–Crippen LogP) is 5.04. The minimum Gasteiger partial charge on any atom is -0.502 e. The summed E-state index contributed by atoms with van der Waals surface area (Å²) in [4.78, 5) is 26.2. The normalized spacial score (nSPS) is 18.3. The van der Waals surface area contributed by atoms with Gasteiger partial charge >= 0.3 is 6.18 Å². The van der Waals surface area contributed by atoms with Gasteiger partial charge in [0.05, 0.1) is 0 Å². The number of hydrogen-bond donors (Lipinski definition) is 1. The van der Waals surface area contributed by atoms with Gasteiger partial charge in [0, 0.05) is 33.5 Å². The molecule has 0 saturated heterocycles. The highest BCUT2D eigenvalue weighted by atomic mass is 35.5. The van der Waals surface area contributed by atoms with Gasteiger partial charge in [0.15, 0.2) is 11.4 Å². The SMILES string of the molecule is C[C@@H](N1CN([C@H]2c3cccc(F)c3SCc3cccc(Cl)c32)n2ccc(=O)c(O)c2C1=O)C(F)(F)F. The molecule has 0 saturated carbocycles. The molecular weight excluding hydrogens is 522 g/mol. The summed E-state index contributed by atoms with van der Waals surface area (Å²) in [6.45, 7) is 0.242. The Hall–Kier alpha value is -3.18.